The maximum atomic E-state index is 11.9. The van der Waals surface area contributed by atoms with E-state index in [1.165, 1.54) is 23.1 Å². The molecule has 0 radical (unpaired) electrons. The lowest BCUT2D eigenvalue weighted by atomic mass is 9.90. The summed E-state index contributed by atoms with van der Waals surface area (Å²) in [5, 5.41) is 16.6. The van der Waals surface area contributed by atoms with Crippen LogP contribution in [0.3, 0.4) is 0 Å². The van der Waals surface area contributed by atoms with Crippen molar-refractivity contribution in [3.63, 3.8) is 0 Å². The van der Waals surface area contributed by atoms with E-state index in [4.69, 9.17) is 5.11 Å². The van der Waals surface area contributed by atoms with E-state index in [2.05, 4.69) is 10.2 Å². The molecule has 0 saturated carbocycles. The van der Waals surface area contributed by atoms with Crippen LogP contribution in [0.1, 0.15) is 13.3 Å². The van der Waals surface area contributed by atoms with Crippen LogP contribution in [0.15, 0.2) is 9.85 Å². The van der Waals surface area contributed by atoms with E-state index in [9.17, 15) is 9.59 Å². The van der Waals surface area contributed by atoms with E-state index >= 15 is 0 Å². The van der Waals surface area contributed by atoms with E-state index in [-0.39, 0.29) is 18.2 Å². The molecule has 1 aliphatic heterocycles. The van der Waals surface area contributed by atoms with Gasteiger partial charge in [-0.2, -0.15) is 0 Å². The van der Waals surface area contributed by atoms with Gasteiger partial charge in [0.2, 0.25) is 5.91 Å². The molecule has 8 heteroatoms. The molecule has 1 aliphatic rings. The second-order valence-electron chi connectivity index (χ2n) is 4.42. The van der Waals surface area contributed by atoms with Crippen LogP contribution in [-0.4, -0.2) is 50.9 Å². The lowest BCUT2D eigenvalue weighted by molar-refractivity contribution is -0.147. The number of hydrogen-bond donors (Lipinski definition) is 1. The summed E-state index contributed by atoms with van der Waals surface area (Å²) in [6.07, 6.45) is 0.511. The van der Waals surface area contributed by atoms with Gasteiger partial charge in [-0.15, -0.1) is 10.2 Å². The molecule has 18 heavy (non-hydrogen) atoms. The number of carbonyl (C=O) groups excluding carboxylic acids is 1. The lowest BCUT2D eigenvalue weighted by Crippen LogP contribution is -2.35. The monoisotopic (exact) mass is 287 g/mol. The number of thioether (sulfide) groups is 1. The van der Waals surface area contributed by atoms with Crippen LogP contribution in [0.2, 0.25) is 0 Å². The largest absolute Gasteiger partial charge is 0.481 e. The Labute approximate surface area is 112 Å². The summed E-state index contributed by atoms with van der Waals surface area (Å²) in [5.74, 6) is -0.597. The van der Waals surface area contributed by atoms with Crippen molar-refractivity contribution in [3.8, 4) is 0 Å². The Balaban J connectivity index is 1.86. The van der Waals surface area contributed by atoms with Crippen molar-refractivity contribution in [3.05, 3.63) is 5.51 Å². The number of carboxylic acid groups (broad SMARTS) is 1. The predicted octanol–water partition coefficient (Wildman–Crippen LogP) is 0.953. The maximum absolute atomic E-state index is 11.9. The lowest BCUT2D eigenvalue weighted by Gasteiger charge is -2.19. The fourth-order valence-corrected chi connectivity index (χ4v) is 3.18. The van der Waals surface area contributed by atoms with Gasteiger partial charge in [0.25, 0.3) is 0 Å². The smallest absolute Gasteiger partial charge is 0.311 e. The highest BCUT2D eigenvalue weighted by Crippen LogP contribution is 2.31. The number of aromatic nitrogens is 2. The van der Waals surface area contributed by atoms with Gasteiger partial charge < -0.3 is 10.0 Å². The van der Waals surface area contributed by atoms with Gasteiger partial charge >= 0.3 is 5.97 Å². The fraction of sp³-hybridized carbons (Fsp3) is 0.600. The molecule has 6 nitrogen and oxygen atoms in total. The molecule has 1 fully saturated rings. The Morgan fingerprint density at radius 3 is 3.00 bits per heavy atom. The zero-order chi connectivity index (χ0) is 13.2. The highest BCUT2D eigenvalue weighted by molar-refractivity contribution is 8.01. The maximum Gasteiger partial charge on any atom is 0.311 e. The molecule has 98 valence electrons. The van der Waals surface area contributed by atoms with Crippen LogP contribution in [0, 0.1) is 5.41 Å². The van der Waals surface area contributed by atoms with Gasteiger partial charge in [-0.3, -0.25) is 9.59 Å². The number of aliphatic carboxylic acids is 1. The van der Waals surface area contributed by atoms with E-state index in [1.807, 2.05) is 0 Å². The summed E-state index contributed by atoms with van der Waals surface area (Å²) in [7, 11) is 0. The first-order valence-corrected chi connectivity index (χ1v) is 7.28. The molecule has 1 saturated heterocycles. The van der Waals surface area contributed by atoms with Crippen LogP contribution >= 0.6 is 23.1 Å². The van der Waals surface area contributed by atoms with Crippen molar-refractivity contribution in [2.75, 3.05) is 18.8 Å². The Morgan fingerprint density at radius 1 is 1.67 bits per heavy atom. The van der Waals surface area contributed by atoms with Gasteiger partial charge in [0.1, 0.15) is 5.51 Å². The summed E-state index contributed by atoms with van der Waals surface area (Å²) in [6, 6.07) is 0. The SMILES string of the molecule is CC1(C(=O)O)CCN(C(=O)CSc2nncs2)C1. The summed E-state index contributed by atoms with van der Waals surface area (Å²) >= 11 is 2.72. The van der Waals surface area contributed by atoms with Crippen LogP contribution in [0.4, 0.5) is 0 Å². The van der Waals surface area contributed by atoms with Crippen molar-refractivity contribution >= 4 is 35.0 Å². The zero-order valence-corrected chi connectivity index (χ0v) is 11.5. The molecular formula is C10H13N3O3S2. The van der Waals surface area contributed by atoms with Crippen molar-refractivity contribution in [2.45, 2.75) is 17.7 Å². The number of carbonyl (C=O) groups is 2. The van der Waals surface area contributed by atoms with Crippen LogP contribution in [0.5, 0.6) is 0 Å². The Bertz CT molecular complexity index is 451. The molecule has 1 N–H and O–H groups in total. The third-order valence-electron chi connectivity index (χ3n) is 3.00. The molecule has 0 aliphatic carbocycles. The predicted molar refractivity (Wildman–Crippen MR) is 67.6 cm³/mol. The Morgan fingerprint density at radius 2 is 2.44 bits per heavy atom. The first kappa shape index (κ1) is 13.3. The van der Waals surface area contributed by atoms with Crippen LogP contribution in [-0.2, 0) is 9.59 Å². The first-order valence-electron chi connectivity index (χ1n) is 5.41. The molecule has 0 spiro atoms. The van der Waals surface area contributed by atoms with Gasteiger partial charge in [0.15, 0.2) is 4.34 Å². The standard InChI is InChI=1S/C10H13N3O3S2/c1-10(8(15)16)2-3-13(5-10)7(14)4-17-9-12-11-6-18-9/h6H,2-5H2,1H3,(H,15,16). The molecular weight excluding hydrogens is 274 g/mol. The van der Waals surface area contributed by atoms with Gasteiger partial charge in [-0.1, -0.05) is 23.1 Å². The Kier molecular flexibility index (Phi) is 3.86. The minimum absolute atomic E-state index is 0.0415. The molecule has 1 unspecified atom stereocenters. The zero-order valence-electron chi connectivity index (χ0n) is 9.83. The quantitative estimate of drug-likeness (QED) is 0.830. The summed E-state index contributed by atoms with van der Waals surface area (Å²) in [5.41, 5.74) is 0.813. The van der Waals surface area contributed by atoms with E-state index in [0.29, 0.717) is 13.0 Å². The van der Waals surface area contributed by atoms with Crippen molar-refractivity contribution in [2.24, 2.45) is 5.41 Å². The van der Waals surface area contributed by atoms with Crippen LogP contribution < -0.4 is 0 Å². The topological polar surface area (TPSA) is 83.4 Å². The fourth-order valence-electron chi connectivity index (χ4n) is 1.79. The molecule has 1 aromatic rings. The molecule has 1 atom stereocenters. The third kappa shape index (κ3) is 2.81. The average Bonchev–Trinajstić information content (AvgIpc) is 2.95. The second-order valence-corrected chi connectivity index (χ2v) is 6.48. The van der Waals surface area contributed by atoms with Gasteiger partial charge in [-0.05, 0) is 13.3 Å². The number of hydrogen-bond acceptors (Lipinski definition) is 6. The molecule has 1 aromatic heterocycles. The van der Waals surface area contributed by atoms with E-state index in [1.54, 1.807) is 17.3 Å². The highest BCUT2D eigenvalue weighted by Gasteiger charge is 2.41. The van der Waals surface area contributed by atoms with Crippen molar-refractivity contribution in [1.29, 1.82) is 0 Å². The first-order chi connectivity index (χ1) is 8.51. The van der Waals surface area contributed by atoms with E-state index < -0.39 is 11.4 Å². The second kappa shape index (κ2) is 5.23. The highest BCUT2D eigenvalue weighted by atomic mass is 32.2. The molecule has 2 heterocycles. The normalized spacial score (nSPS) is 23.3. The third-order valence-corrected chi connectivity index (χ3v) is 4.85. The van der Waals surface area contributed by atoms with Gasteiger partial charge in [0, 0.05) is 13.1 Å². The number of carboxylic acids is 1. The number of amides is 1. The molecule has 0 bridgehead atoms. The summed E-state index contributed by atoms with van der Waals surface area (Å²) in [4.78, 5) is 24.6. The van der Waals surface area contributed by atoms with Crippen LogP contribution in [0.25, 0.3) is 0 Å². The van der Waals surface area contributed by atoms with E-state index in [0.717, 1.165) is 4.34 Å². The van der Waals surface area contributed by atoms with Gasteiger partial charge in [-0.25, -0.2) is 0 Å². The molecule has 0 aromatic carbocycles. The molecule has 2 rings (SSSR count). The molecule has 1 amide bonds. The minimum Gasteiger partial charge on any atom is -0.481 e. The van der Waals surface area contributed by atoms with Crippen molar-refractivity contribution < 1.29 is 14.7 Å². The number of nitrogens with zero attached hydrogens (tertiary/aromatic N) is 3. The average molecular weight is 287 g/mol. The van der Waals surface area contributed by atoms with Crippen molar-refractivity contribution in [1.82, 2.24) is 15.1 Å². The number of likely N-dealkylation sites (tertiary alicyclic amines) is 1. The Hall–Kier alpha value is -1.15. The summed E-state index contributed by atoms with van der Waals surface area (Å²) < 4.78 is 0.753. The summed E-state index contributed by atoms with van der Waals surface area (Å²) in [6.45, 7) is 2.48. The number of rotatable bonds is 4. The van der Waals surface area contributed by atoms with Gasteiger partial charge in [0.05, 0.1) is 11.2 Å². The minimum atomic E-state index is -0.838.